The van der Waals surface area contributed by atoms with Crippen molar-refractivity contribution in [1.29, 1.82) is 0 Å². The average Bonchev–Trinajstić information content (AvgIpc) is 2.59. The van der Waals surface area contributed by atoms with Crippen LogP contribution < -0.4 is 10.7 Å². The second-order valence-corrected chi connectivity index (χ2v) is 5.01. The monoisotopic (exact) mass is 256 g/mol. The summed E-state index contributed by atoms with van der Waals surface area (Å²) >= 11 is 0.318. The molecule has 0 radical (unpaired) electrons. The van der Waals surface area contributed by atoms with Crippen LogP contribution in [0.25, 0.3) is 9.78 Å². The van der Waals surface area contributed by atoms with Gasteiger partial charge in [0.1, 0.15) is 0 Å². The zero-order valence-corrected chi connectivity index (χ0v) is 9.68. The fraction of sp³-hybridized carbons (Fsp3) is 0.300. The van der Waals surface area contributed by atoms with Crippen LogP contribution in [0.5, 0.6) is 0 Å². The SMILES string of the molecule is CNCCc1c[se]c2[nH]ccc(=O)c12. The summed E-state index contributed by atoms with van der Waals surface area (Å²) in [4.78, 5) is 17.0. The Morgan fingerprint density at radius 3 is 3.21 bits per heavy atom. The number of likely N-dealkylation sites (N-methyl/N-ethyl adjacent to an activating group) is 1. The quantitative estimate of drug-likeness (QED) is 0.777. The maximum absolute atomic E-state index is 11.6. The van der Waals surface area contributed by atoms with Gasteiger partial charge >= 0.3 is 87.6 Å². The second-order valence-electron chi connectivity index (χ2n) is 3.16. The number of rotatable bonds is 3. The Balaban J connectivity index is 2.50. The standard InChI is InChI=1S/C10H12N2OSe/c1-11-4-2-7-6-14-10-9(7)8(13)3-5-12-10/h3,5-6,11H,2,4H2,1H3,(H,12,13). The molecular formula is C10H12N2OSe. The van der Waals surface area contributed by atoms with E-state index in [9.17, 15) is 4.79 Å². The number of aromatic amines is 1. The van der Waals surface area contributed by atoms with Crippen LogP contribution in [-0.2, 0) is 6.42 Å². The van der Waals surface area contributed by atoms with E-state index < -0.39 is 0 Å². The van der Waals surface area contributed by atoms with Crippen molar-refractivity contribution in [2.45, 2.75) is 6.42 Å². The van der Waals surface area contributed by atoms with Crippen molar-refractivity contribution in [3.8, 4) is 0 Å². The number of nitrogens with one attached hydrogen (secondary N) is 2. The van der Waals surface area contributed by atoms with E-state index in [0.29, 0.717) is 14.5 Å². The minimum absolute atomic E-state index is 0.153. The fourth-order valence-corrected chi connectivity index (χ4v) is 3.55. The van der Waals surface area contributed by atoms with Gasteiger partial charge in [-0.15, -0.1) is 0 Å². The van der Waals surface area contributed by atoms with Crippen molar-refractivity contribution < 1.29 is 0 Å². The molecule has 4 heteroatoms. The van der Waals surface area contributed by atoms with Gasteiger partial charge in [0.15, 0.2) is 0 Å². The van der Waals surface area contributed by atoms with Crippen molar-refractivity contribution >= 4 is 24.3 Å². The van der Waals surface area contributed by atoms with E-state index >= 15 is 0 Å². The Bertz CT molecular complexity index is 486. The van der Waals surface area contributed by atoms with Gasteiger partial charge in [-0.3, -0.25) is 0 Å². The first kappa shape index (κ1) is 9.71. The fourth-order valence-electron chi connectivity index (χ4n) is 1.49. The maximum atomic E-state index is 11.6. The van der Waals surface area contributed by atoms with Crippen LogP contribution in [0.15, 0.2) is 22.0 Å². The van der Waals surface area contributed by atoms with Crippen LogP contribution in [0.3, 0.4) is 0 Å². The summed E-state index contributed by atoms with van der Waals surface area (Å²) in [5.41, 5.74) is 1.36. The number of hydrogen-bond donors (Lipinski definition) is 2. The van der Waals surface area contributed by atoms with Gasteiger partial charge < -0.3 is 0 Å². The summed E-state index contributed by atoms with van der Waals surface area (Å²) in [6, 6.07) is 1.60. The molecule has 0 aliphatic heterocycles. The molecule has 0 aliphatic carbocycles. The Hall–Kier alpha value is -0.831. The molecule has 0 saturated heterocycles. The van der Waals surface area contributed by atoms with Crippen LogP contribution in [0.2, 0.25) is 0 Å². The molecule has 0 unspecified atom stereocenters. The molecule has 2 aromatic rings. The Kier molecular flexibility index (Phi) is 2.87. The summed E-state index contributed by atoms with van der Waals surface area (Å²) in [5.74, 6) is 0. The number of hydrogen-bond acceptors (Lipinski definition) is 2. The van der Waals surface area contributed by atoms with Gasteiger partial charge in [0, 0.05) is 0 Å². The normalized spacial score (nSPS) is 10.9. The van der Waals surface area contributed by atoms with Crippen LogP contribution >= 0.6 is 0 Å². The zero-order chi connectivity index (χ0) is 9.97. The minimum atomic E-state index is 0.153. The third-order valence-corrected chi connectivity index (χ3v) is 4.22. The van der Waals surface area contributed by atoms with Crippen molar-refractivity contribution in [3.63, 3.8) is 0 Å². The number of fused-ring (bicyclic) bond motifs is 1. The predicted octanol–water partition coefficient (Wildman–Crippen LogP) is 0.347. The summed E-state index contributed by atoms with van der Waals surface area (Å²) in [6.45, 7) is 0.926. The van der Waals surface area contributed by atoms with Gasteiger partial charge in [0.05, 0.1) is 0 Å². The van der Waals surface area contributed by atoms with Gasteiger partial charge in [0.25, 0.3) is 0 Å². The first-order chi connectivity index (χ1) is 6.83. The zero-order valence-electron chi connectivity index (χ0n) is 7.96. The van der Waals surface area contributed by atoms with Gasteiger partial charge in [-0.25, -0.2) is 0 Å². The first-order valence-electron chi connectivity index (χ1n) is 4.55. The van der Waals surface area contributed by atoms with Crippen LogP contribution in [0, 0.1) is 0 Å². The molecule has 0 atom stereocenters. The van der Waals surface area contributed by atoms with Crippen molar-refractivity contribution in [3.05, 3.63) is 33.0 Å². The molecule has 2 N–H and O–H groups in total. The van der Waals surface area contributed by atoms with E-state index in [1.807, 2.05) is 7.05 Å². The molecule has 0 saturated carbocycles. The molecule has 0 spiro atoms. The van der Waals surface area contributed by atoms with E-state index in [4.69, 9.17) is 0 Å². The topological polar surface area (TPSA) is 44.9 Å². The Morgan fingerprint density at radius 1 is 1.57 bits per heavy atom. The van der Waals surface area contributed by atoms with Gasteiger partial charge in [0.2, 0.25) is 0 Å². The van der Waals surface area contributed by atoms with Crippen molar-refractivity contribution in [2.75, 3.05) is 13.6 Å². The summed E-state index contributed by atoms with van der Waals surface area (Å²) in [5, 5.41) is 4.02. The third kappa shape index (κ3) is 1.69. The molecule has 0 fully saturated rings. The van der Waals surface area contributed by atoms with Crippen LogP contribution in [0.4, 0.5) is 0 Å². The molecule has 2 aromatic heterocycles. The molecule has 14 heavy (non-hydrogen) atoms. The van der Waals surface area contributed by atoms with Gasteiger partial charge in [-0.2, -0.15) is 0 Å². The molecule has 3 nitrogen and oxygen atoms in total. The van der Waals surface area contributed by atoms with E-state index in [1.54, 1.807) is 12.3 Å². The summed E-state index contributed by atoms with van der Waals surface area (Å²) < 4.78 is 1.12. The second kappa shape index (κ2) is 4.13. The van der Waals surface area contributed by atoms with Gasteiger partial charge in [-0.1, -0.05) is 0 Å². The van der Waals surface area contributed by atoms with Crippen molar-refractivity contribution in [1.82, 2.24) is 10.3 Å². The molecule has 2 rings (SSSR count). The third-order valence-electron chi connectivity index (χ3n) is 2.21. The Morgan fingerprint density at radius 2 is 2.43 bits per heavy atom. The van der Waals surface area contributed by atoms with E-state index in [0.717, 1.165) is 22.7 Å². The number of H-pyrrole nitrogens is 1. The van der Waals surface area contributed by atoms with E-state index in [1.165, 1.54) is 5.56 Å². The molecule has 74 valence electrons. The number of pyridine rings is 1. The van der Waals surface area contributed by atoms with Gasteiger partial charge in [-0.05, 0) is 0 Å². The molecule has 2 heterocycles. The van der Waals surface area contributed by atoms with Crippen molar-refractivity contribution in [2.24, 2.45) is 0 Å². The molecule has 0 aliphatic rings. The summed E-state index contributed by atoms with van der Waals surface area (Å²) in [6.07, 6.45) is 2.68. The van der Waals surface area contributed by atoms with Crippen LogP contribution in [0.1, 0.15) is 5.56 Å². The van der Waals surface area contributed by atoms with E-state index in [2.05, 4.69) is 15.2 Å². The molecular weight excluding hydrogens is 243 g/mol. The summed E-state index contributed by atoms with van der Waals surface area (Å²) in [7, 11) is 1.93. The average molecular weight is 255 g/mol. The molecule has 0 bridgehead atoms. The number of aromatic nitrogens is 1. The predicted molar refractivity (Wildman–Crippen MR) is 59.1 cm³/mol. The van der Waals surface area contributed by atoms with E-state index in [-0.39, 0.29) is 5.43 Å². The molecule has 0 aromatic carbocycles. The Labute approximate surface area is 87.9 Å². The first-order valence-corrected chi connectivity index (χ1v) is 6.40. The molecule has 0 amide bonds. The van der Waals surface area contributed by atoms with Crippen LogP contribution in [-0.4, -0.2) is 33.1 Å².